The minimum absolute atomic E-state index is 1.39. The van der Waals surface area contributed by atoms with Gasteiger partial charge in [-0.25, -0.2) is 0 Å². The third kappa shape index (κ3) is 0.205. The molecule has 0 fully saturated rings. The minimum atomic E-state index is 1.39. The Labute approximate surface area is 29.4 Å². The molecule has 3 nitrogen and oxygen atoms in total. The summed E-state index contributed by atoms with van der Waals surface area (Å²) in [6.07, 6.45) is 3.76. The van der Waals surface area contributed by atoms with Crippen molar-refractivity contribution in [2.45, 2.75) is 0 Å². The average Bonchev–Trinajstić information content (AvgIpc) is 1.76. The molecule has 0 aromatic rings. The van der Waals surface area contributed by atoms with Crippen LogP contribution in [0.4, 0.5) is 0 Å². The summed E-state index contributed by atoms with van der Waals surface area (Å²) in [5.74, 6) is 0. The standard InChI is InChI=1S/C2H2N3/c1-3-2-5-4-1/h1H,(H,3,4,5)/q+1. The van der Waals surface area contributed by atoms with Gasteiger partial charge in [0.1, 0.15) is 0 Å². The van der Waals surface area contributed by atoms with Gasteiger partial charge >= 0.3 is 6.34 Å². The smallest absolute Gasteiger partial charge is 0.112 e. The summed E-state index contributed by atoms with van der Waals surface area (Å²) in [7, 11) is 0. The van der Waals surface area contributed by atoms with E-state index in [-0.39, 0.29) is 0 Å². The van der Waals surface area contributed by atoms with E-state index in [0.717, 1.165) is 0 Å². The first-order valence-electron chi connectivity index (χ1n) is 1.21. The van der Waals surface area contributed by atoms with Gasteiger partial charge in [-0.1, -0.05) is 0 Å². The number of nitrogens with one attached hydrogen (secondary N) is 1. The van der Waals surface area contributed by atoms with E-state index in [1.807, 2.05) is 0 Å². The molecule has 1 heterocycles. The summed E-state index contributed by atoms with van der Waals surface area (Å²) < 4.78 is 0. The molecule has 0 saturated heterocycles. The van der Waals surface area contributed by atoms with Crippen LogP contribution in [0.2, 0.25) is 0 Å². The van der Waals surface area contributed by atoms with Crippen molar-refractivity contribution in [3.05, 3.63) is 0 Å². The topological polar surface area (TPSA) is 36.8 Å². The van der Waals surface area contributed by atoms with Crippen LogP contribution < -0.4 is 5.43 Å². The Bertz CT molecular complexity index is 63.0. The molecular formula is C2H2N3+. The van der Waals surface area contributed by atoms with Gasteiger partial charge in [0.05, 0.1) is 0 Å². The maximum Gasteiger partial charge on any atom is 0.343 e. The first-order valence-corrected chi connectivity index (χ1v) is 1.21. The number of hydrazone groups is 1. The van der Waals surface area contributed by atoms with E-state index in [4.69, 9.17) is 0 Å². The number of nitrogens with zero attached hydrogens (tertiary/aromatic N) is 2. The van der Waals surface area contributed by atoms with Crippen molar-refractivity contribution in [1.82, 2.24) is 5.43 Å². The zero-order chi connectivity index (χ0) is 3.54. The molecule has 3 heteroatoms. The Morgan fingerprint density at radius 2 is 2.80 bits per heavy atom. The Kier molecular flexibility index (Phi) is 0.359. The summed E-state index contributed by atoms with van der Waals surface area (Å²) in [6.45, 7) is 0. The van der Waals surface area contributed by atoms with Crippen LogP contribution in [-0.4, -0.2) is 12.7 Å². The first-order chi connectivity index (χ1) is 2.50. The van der Waals surface area contributed by atoms with E-state index >= 15 is 0 Å². The Morgan fingerprint density at radius 1 is 1.80 bits per heavy atom. The van der Waals surface area contributed by atoms with Gasteiger partial charge in [-0.05, 0) is 5.10 Å². The molecule has 0 spiro atoms. The fourth-order valence-corrected chi connectivity index (χ4v) is 0.144. The van der Waals surface area contributed by atoms with E-state index in [1.165, 1.54) is 6.34 Å². The van der Waals surface area contributed by atoms with E-state index in [0.29, 0.717) is 0 Å². The van der Waals surface area contributed by atoms with E-state index in [2.05, 4.69) is 21.9 Å². The molecule has 24 valence electrons. The highest BCUT2D eigenvalue weighted by molar-refractivity contribution is 5.75. The largest absolute Gasteiger partial charge is 0.343 e. The van der Waals surface area contributed by atoms with Gasteiger partial charge in [0.25, 0.3) is 6.34 Å². The Balaban J connectivity index is 2.61. The lowest BCUT2D eigenvalue weighted by Gasteiger charge is -1.50. The monoisotopic (exact) mass is 68.0 g/mol. The summed E-state index contributed by atoms with van der Waals surface area (Å²) in [4.78, 5) is 3.43. The molecule has 0 amide bonds. The molecule has 0 unspecified atom stereocenters. The maximum absolute atomic E-state index is 3.43. The van der Waals surface area contributed by atoms with Crippen LogP contribution in [0.25, 0.3) is 0 Å². The van der Waals surface area contributed by atoms with Crippen LogP contribution in [0.5, 0.6) is 0 Å². The molecule has 0 saturated carbocycles. The molecule has 0 aromatic carbocycles. The van der Waals surface area contributed by atoms with E-state index in [9.17, 15) is 0 Å². The SMILES string of the molecule is [C+]1=NC=NN1. The van der Waals surface area contributed by atoms with Crippen molar-refractivity contribution in [2.24, 2.45) is 10.1 Å². The summed E-state index contributed by atoms with van der Waals surface area (Å²) >= 11 is 0. The van der Waals surface area contributed by atoms with Gasteiger partial charge in [-0.3, -0.25) is 0 Å². The quantitative estimate of drug-likeness (QED) is 0.379. The van der Waals surface area contributed by atoms with Crippen LogP contribution in [0.15, 0.2) is 10.1 Å². The second-order valence-corrected chi connectivity index (χ2v) is 0.597. The van der Waals surface area contributed by atoms with Crippen molar-refractivity contribution in [3.63, 3.8) is 0 Å². The van der Waals surface area contributed by atoms with Crippen LogP contribution in [0, 0.1) is 0 Å². The molecule has 5 heavy (non-hydrogen) atoms. The van der Waals surface area contributed by atoms with Gasteiger partial charge in [0, 0.05) is 4.99 Å². The molecule has 0 bridgehead atoms. The van der Waals surface area contributed by atoms with Crippen LogP contribution >= 0.6 is 0 Å². The van der Waals surface area contributed by atoms with Crippen molar-refractivity contribution in [2.75, 3.05) is 0 Å². The fourth-order valence-electron chi connectivity index (χ4n) is 0.144. The zero-order valence-electron chi connectivity index (χ0n) is 2.47. The molecule has 0 aromatic heterocycles. The van der Waals surface area contributed by atoms with Gasteiger partial charge < -0.3 is 0 Å². The lowest BCUT2D eigenvalue weighted by molar-refractivity contribution is 1.09. The number of hydrogen-bond acceptors (Lipinski definition) is 3. The average molecular weight is 68.1 g/mol. The molecule has 1 aliphatic heterocycles. The molecule has 0 aliphatic carbocycles. The lowest BCUT2D eigenvalue weighted by Crippen LogP contribution is -1.91. The highest BCUT2D eigenvalue weighted by Gasteiger charge is 1.88. The fraction of sp³-hybridized carbons (Fsp3) is 0. The van der Waals surface area contributed by atoms with Crippen molar-refractivity contribution >= 4 is 12.7 Å². The van der Waals surface area contributed by atoms with Gasteiger partial charge in [-0.2, -0.15) is 0 Å². The Hall–Kier alpha value is -0.950. The van der Waals surface area contributed by atoms with Crippen molar-refractivity contribution in [3.8, 4) is 0 Å². The third-order valence-electron chi connectivity index (χ3n) is 0.295. The van der Waals surface area contributed by atoms with Crippen LogP contribution in [0.1, 0.15) is 0 Å². The molecule has 1 rings (SSSR count). The van der Waals surface area contributed by atoms with Gasteiger partial charge in [0.15, 0.2) is 0 Å². The first kappa shape index (κ1) is 2.30. The van der Waals surface area contributed by atoms with Crippen LogP contribution in [0.3, 0.4) is 0 Å². The third-order valence-corrected chi connectivity index (χ3v) is 0.295. The molecule has 1 aliphatic rings. The summed E-state index contributed by atoms with van der Waals surface area (Å²) in [6, 6.07) is 0. The summed E-state index contributed by atoms with van der Waals surface area (Å²) in [5.41, 5.74) is 2.38. The molecular weight excluding hydrogens is 66.0 g/mol. The van der Waals surface area contributed by atoms with Crippen molar-refractivity contribution in [1.29, 1.82) is 0 Å². The Morgan fingerprint density at radius 3 is 3.00 bits per heavy atom. The number of aliphatic imine (C=N–C) groups is 1. The predicted molar refractivity (Wildman–Crippen MR) is 19.1 cm³/mol. The lowest BCUT2D eigenvalue weighted by atomic mass is 11.3. The maximum atomic E-state index is 3.43. The number of hydrogen-bond donors (Lipinski definition) is 1. The van der Waals surface area contributed by atoms with Gasteiger partial charge in [0.2, 0.25) is 0 Å². The van der Waals surface area contributed by atoms with Crippen molar-refractivity contribution < 1.29 is 0 Å². The highest BCUT2D eigenvalue weighted by atomic mass is 15.3. The molecule has 1 N–H and O–H groups in total. The van der Waals surface area contributed by atoms with Crippen LogP contribution in [-0.2, 0) is 0 Å². The minimum Gasteiger partial charge on any atom is -0.112 e. The van der Waals surface area contributed by atoms with E-state index in [1.54, 1.807) is 0 Å². The summed E-state index contributed by atoms with van der Waals surface area (Å²) in [5, 5.41) is 3.43. The van der Waals surface area contributed by atoms with E-state index < -0.39 is 0 Å². The molecule has 0 radical (unpaired) electrons. The number of rotatable bonds is 0. The zero-order valence-corrected chi connectivity index (χ0v) is 2.47. The second-order valence-electron chi connectivity index (χ2n) is 0.597. The predicted octanol–water partition coefficient (Wildman–Crippen LogP) is -0.562. The second kappa shape index (κ2) is 0.781. The highest BCUT2D eigenvalue weighted by Crippen LogP contribution is 1.61. The van der Waals surface area contributed by atoms with Gasteiger partial charge in [-0.15, -0.1) is 5.43 Å². The molecule has 0 atom stereocenters. The normalized spacial score (nSPS) is 14.4.